The van der Waals surface area contributed by atoms with Gasteiger partial charge in [0.1, 0.15) is 0 Å². The fourth-order valence-electron chi connectivity index (χ4n) is 2.29. The van der Waals surface area contributed by atoms with E-state index >= 15 is 0 Å². The van der Waals surface area contributed by atoms with Crippen molar-refractivity contribution in [1.29, 1.82) is 0 Å². The number of hydrogen-bond acceptors (Lipinski definition) is 1. The molecule has 1 N–H and O–H groups in total. The molecule has 0 amide bonds. The van der Waals surface area contributed by atoms with Crippen LogP contribution in [-0.2, 0) is 4.79 Å². The molecular weight excluding hydrogens is 429 g/mol. The first kappa shape index (κ1) is 21.7. The van der Waals surface area contributed by atoms with Crippen LogP contribution in [0.2, 0.25) is 0 Å². The average Bonchev–Trinajstić information content (AvgIpc) is 2.34. The summed E-state index contributed by atoms with van der Waals surface area (Å²) in [6, 6.07) is 0. The third kappa shape index (κ3) is 20.9. The summed E-state index contributed by atoms with van der Waals surface area (Å²) in [6.07, 6.45) is 17.3. The Bertz CT molecular complexity index is 184. The second kappa shape index (κ2) is 18.4. The smallest absolute Gasteiger partial charge is 0.303 e. The summed E-state index contributed by atoms with van der Waals surface area (Å²) in [5, 5.41) is 8.49. The first-order chi connectivity index (χ1) is 8.77. The molecule has 0 rings (SSSR count). The van der Waals surface area contributed by atoms with Crippen LogP contribution < -0.4 is 0 Å². The zero-order chi connectivity index (χ0) is 13.5. The zero-order valence-corrected chi connectivity index (χ0v) is 17.3. The van der Waals surface area contributed by atoms with Crippen molar-refractivity contribution in [3.63, 3.8) is 0 Å². The van der Waals surface area contributed by atoms with Crippen molar-refractivity contribution < 1.29 is 9.90 Å². The Morgan fingerprint density at radius 2 is 1.00 bits per heavy atom. The van der Waals surface area contributed by atoms with Gasteiger partial charge in [0.2, 0.25) is 0 Å². The molecule has 0 aliphatic heterocycles. The van der Waals surface area contributed by atoms with Crippen LogP contribution in [-0.4, -0.2) is 38.4 Å². The molecule has 0 bridgehead atoms. The normalized spacial score (nSPS) is 10.2. The molecule has 111 valence electrons. The largest absolute Gasteiger partial charge is 0.481 e. The maximum absolute atomic E-state index is 10.3. The van der Waals surface area contributed by atoms with E-state index in [-0.39, 0.29) is 27.3 Å². The predicted molar refractivity (Wildman–Crippen MR) is 83.7 cm³/mol. The molecule has 19 heavy (non-hydrogen) atoms. The second-order valence-electron chi connectivity index (χ2n) is 5.39. The summed E-state index contributed by atoms with van der Waals surface area (Å²) >= 11 is 0. The van der Waals surface area contributed by atoms with E-state index in [0.717, 1.165) is 12.8 Å². The number of aliphatic carboxylic acids is 1. The topological polar surface area (TPSA) is 37.3 Å². The molecule has 0 aliphatic rings. The van der Waals surface area contributed by atoms with Gasteiger partial charge in [-0.3, -0.25) is 4.79 Å². The van der Waals surface area contributed by atoms with Crippen LogP contribution in [0, 0.1) is 0 Å². The monoisotopic (exact) mass is 461 g/mol. The zero-order valence-electron chi connectivity index (χ0n) is 12.8. The molecule has 0 aromatic carbocycles. The third-order valence-corrected chi connectivity index (χ3v) is 3.49. The van der Waals surface area contributed by atoms with Crippen molar-refractivity contribution in [3.05, 3.63) is 0 Å². The Hall–Kier alpha value is 0.392. The molecule has 0 unspecified atom stereocenters. The van der Waals surface area contributed by atoms with Gasteiger partial charge in [0.05, 0.1) is 0 Å². The minimum atomic E-state index is -0.655. The van der Waals surface area contributed by atoms with Gasteiger partial charge in [0.15, 0.2) is 0 Å². The van der Waals surface area contributed by atoms with E-state index in [9.17, 15) is 4.79 Å². The first-order valence-corrected chi connectivity index (χ1v) is 7.99. The fourth-order valence-corrected chi connectivity index (χ4v) is 2.29. The van der Waals surface area contributed by atoms with Crippen LogP contribution in [0.25, 0.3) is 0 Å². The molecule has 0 saturated carbocycles. The van der Waals surface area contributed by atoms with Crippen LogP contribution >= 0.6 is 0 Å². The summed E-state index contributed by atoms with van der Waals surface area (Å²) in [4.78, 5) is 10.3. The molecular formula is C16H32O2Tl. The Labute approximate surface area is 139 Å². The molecule has 3 heteroatoms. The number of carboxylic acid groups (broad SMARTS) is 1. The van der Waals surface area contributed by atoms with Crippen molar-refractivity contribution in [1.82, 2.24) is 0 Å². The first-order valence-electron chi connectivity index (χ1n) is 7.99. The van der Waals surface area contributed by atoms with Gasteiger partial charge in [-0.1, -0.05) is 84.0 Å². The molecule has 0 aliphatic carbocycles. The maximum atomic E-state index is 10.3. The van der Waals surface area contributed by atoms with Crippen LogP contribution in [0.5, 0.6) is 0 Å². The van der Waals surface area contributed by atoms with Crippen molar-refractivity contribution in [2.75, 3.05) is 0 Å². The Morgan fingerprint density at radius 3 is 1.32 bits per heavy atom. The van der Waals surface area contributed by atoms with E-state index in [1.165, 1.54) is 70.6 Å². The van der Waals surface area contributed by atoms with E-state index in [4.69, 9.17) is 5.11 Å². The van der Waals surface area contributed by atoms with Gasteiger partial charge in [-0.05, 0) is 6.42 Å². The fraction of sp³-hybridized carbons (Fsp3) is 0.938. The second-order valence-corrected chi connectivity index (χ2v) is 5.39. The summed E-state index contributed by atoms with van der Waals surface area (Å²) in [5.74, 6) is -0.655. The van der Waals surface area contributed by atoms with Gasteiger partial charge in [-0.15, -0.1) is 0 Å². The summed E-state index contributed by atoms with van der Waals surface area (Å²) in [7, 11) is 0. The van der Waals surface area contributed by atoms with Gasteiger partial charge in [-0.2, -0.15) is 0 Å². The van der Waals surface area contributed by atoms with Crippen LogP contribution in [0.4, 0.5) is 0 Å². The Morgan fingerprint density at radius 1 is 0.684 bits per heavy atom. The number of hydrogen-bond donors (Lipinski definition) is 1. The number of carboxylic acids is 1. The number of rotatable bonds is 14. The van der Waals surface area contributed by atoms with Gasteiger partial charge in [0.25, 0.3) is 0 Å². The maximum Gasteiger partial charge on any atom is 0.303 e. The van der Waals surface area contributed by atoms with Crippen LogP contribution in [0.15, 0.2) is 0 Å². The third-order valence-electron chi connectivity index (χ3n) is 3.49. The predicted octanol–water partition coefficient (Wildman–Crippen LogP) is 5.17. The molecule has 0 spiro atoms. The minimum absolute atomic E-state index is 0. The van der Waals surface area contributed by atoms with Gasteiger partial charge >= 0.3 is 5.97 Å². The van der Waals surface area contributed by atoms with Crippen LogP contribution in [0.1, 0.15) is 96.8 Å². The molecule has 0 aromatic rings. The summed E-state index contributed by atoms with van der Waals surface area (Å²) < 4.78 is 0. The SMILES string of the molecule is CCCCCCCCCCCCCCCC(=O)O.[Tl]. The van der Waals surface area contributed by atoms with E-state index < -0.39 is 5.97 Å². The van der Waals surface area contributed by atoms with Crippen molar-refractivity contribution in [2.45, 2.75) is 96.8 Å². The van der Waals surface area contributed by atoms with E-state index in [0.29, 0.717) is 6.42 Å². The summed E-state index contributed by atoms with van der Waals surface area (Å²) in [6.45, 7) is 2.26. The molecule has 0 heterocycles. The van der Waals surface area contributed by atoms with Crippen molar-refractivity contribution in [2.24, 2.45) is 0 Å². The quantitative estimate of drug-likeness (QED) is 0.287. The Kier molecular flexibility index (Phi) is 21.0. The number of carbonyl (C=O) groups is 1. The van der Waals surface area contributed by atoms with E-state index in [1.807, 2.05) is 0 Å². The van der Waals surface area contributed by atoms with Crippen LogP contribution in [0.3, 0.4) is 0 Å². The van der Waals surface area contributed by atoms with Crippen molar-refractivity contribution >= 4 is 33.3 Å². The molecule has 2 nitrogen and oxygen atoms in total. The van der Waals surface area contributed by atoms with Crippen molar-refractivity contribution in [3.8, 4) is 0 Å². The molecule has 0 fully saturated rings. The minimum Gasteiger partial charge on any atom is -0.481 e. The van der Waals surface area contributed by atoms with E-state index in [1.54, 1.807) is 0 Å². The number of unbranched alkanes of at least 4 members (excludes halogenated alkanes) is 12. The van der Waals surface area contributed by atoms with Gasteiger partial charge in [0, 0.05) is 33.7 Å². The molecule has 1 radical (unpaired) electrons. The molecule has 0 atom stereocenters. The van der Waals surface area contributed by atoms with E-state index in [2.05, 4.69) is 6.92 Å². The average molecular weight is 461 g/mol. The van der Waals surface area contributed by atoms with Gasteiger partial charge < -0.3 is 5.11 Å². The standard InChI is InChI=1S/C16H32O2.Tl/c1-2-3-4-5-6-7-8-9-10-11-12-13-14-15-16(17)18;/h2-15H2,1H3,(H,17,18);. The summed E-state index contributed by atoms with van der Waals surface area (Å²) in [5.41, 5.74) is 0. The van der Waals surface area contributed by atoms with Gasteiger partial charge in [-0.25, -0.2) is 0 Å². The molecule has 0 aromatic heterocycles. The Balaban J connectivity index is 0. The molecule has 0 saturated heterocycles.